The number of hydrogen-bond acceptors (Lipinski definition) is 4. The molecule has 0 radical (unpaired) electrons. The van der Waals surface area contributed by atoms with Gasteiger partial charge in [0, 0.05) is 18.0 Å². The molecule has 3 rings (SSSR count). The van der Waals surface area contributed by atoms with Gasteiger partial charge in [-0.1, -0.05) is 30.3 Å². The second-order valence-electron chi connectivity index (χ2n) is 9.13. The molecule has 34 heavy (non-hydrogen) atoms. The molecule has 0 spiro atoms. The summed E-state index contributed by atoms with van der Waals surface area (Å²) in [6, 6.07) is 13.4. The van der Waals surface area contributed by atoms with Gasteiger partial charge in [0.15, 0.2) is 0 Å². The summed E-state index contributed by atoms with van der Waals surface area (Å²) in [5, 5.41) is 9.40. The van der Waals surface area contributed by atoms with Gasteiger partial charge in [-0.05, 0) is 57.0 Å². The lowest BCUT2D eigenvalue weighted by atomic mass is 9.83. The summed E-state index contributed by atoms with van der Waals surface area (Å²) in [6.07, 6.45) is -4.61. The van der Waals surface area contributed by atoms with Crippen molar-refractivity contribution in [1.29, 1.82) is 5.26 Å². The SMILES string of the molecule is CC1=C(C(=O)OC(C)(C)C)C(c2ccc(C(F)(F)F)cc2)CC(=O)N1Cc1ccccc1C#N. The minimum atomic E-state index is -4.49. The predicted octanol–water partition coefficient (Wildman–Crippen LogP) is 5.71. The van der Waals surface area contributed by atoms with E-state index in [2.05, 4.69) is 6.07 Å². The number of esters is 1. The van der Waals surface area contributed by atoms with Gasteiger partial charge in [0.2, 0.25) is 5.91 Å². The van der Waals surface area contributed by atoms with Crippen molar-refractivity contribution in [2.45, 2.75) is 58.4 Å². The molecular formula is C26H25F3N2O3. The second kappa shape index (κ2) is 9.34. The smallest absolute Gasteiger partial charge is 0.416 e. The largest absolute Gasteiger partial charge is 0.457 e. The number of benzene rings is 2. The summed E-state index contributed by atoms with van der Waals surface area (Å²) in [5.74, 6) is -1.70. The van der Waals surface area contributed by atoms with E-state index in [0.717, 1.165) is 12.1 Å². The Morgan fingerprint density at radius 2 is 1.74 bits per heavy atom. The first-order valence-electron chi connectivity index (χ1n) is 10.7. The number of hydrogen-bond donors (Lipinski definition) is 0. The minimum Gasteiger partial charge on any atom is -0.457 e. The normalized spacial score (nSPS) is 16.9. The van der Waals surface area contributed by atoms with Gasteiger partial charge in [0.1, 0.15) is 5.60 Å². The summed E-state index contributed by atoms with van der Waals surface area (Å²) in [7, 11) is 0. The van der Waals surface area contributed by atoms with Crippen molar-refractivity contribution in [2.75, 3.05) is 0 Å². The number of ether oxygens (including phenoxy) is 1. The Balaban J connectivity index is 2.07. The van der Waals surface area contributed by atoms with E-state index in [0.29, 0.717) is 22.4 Å². The van der Waals surface area contributed by atoms with Gasteiger partial charge in [-0.15, -0.1) is 0 Å². The zero-order chi connectivity index (χ0) is 25.3. The molecule has 0 N–H and O–H groups in total. The summed E-state index contributed by atoms with van der Waals surface area (Å²) < 4.78 is 44.7. The van der Waals surface area contributed by atoms with Gasteiger partial charge in [0.25, 0.3) is 0 Å². The van der Waals surface area contributed by atoms with Gasteiger partial charge in [-0.2, -0.15) is 18.4 Å². The Kier molecular flexibility index (Phi) is 6.87. The lowest BCUT2D eigenvalue weighted by Gasteiger charge is -2.35. The zero-order valence-corrected chi connectivity index (χ0v) is 19.4. The number of carbonyl (C=O) groups excluding carboxylic acids is 2. The Morgan fingerprint density at radius 3 is 2.29 bits per heavy atom. The third kappa shape index (κ3) is 5.48. The van der Waals surface area contributed by atoms with Gasteiger partial charge in [-0.25, -0.2) is 4.79 Å². The topological polar surface area (TPSA) is 70.4 Å². The van der Waals surface area contributed by atoms with E-state index in [4.69, 9.17) is 4.74 Å². The number of allylic oxidation sites excluding steroid dienone is 1. The minimum absolute atomic E-state index is 0.0838. The highest BCUT2D eigenvalue weighted by Gasteiger charge is 2.39. The molecule has 0 saturated carbocycles. The van der Waals surface area contributed by atoms with Gasteiger partial charge in [0.05, 0.1) is 29.3 Å². The molecule has 1 aliphatic heterocycles. The zero-order valence-electron chi connectivity index (χ0n) is 19.4. The van der Waals surface area contributed by atoms with Crippen molar-refractivity contribution in [1.82, 2.24) is 4.90 Å². The molecule has 2 aromatic carbocycles. The lowest BCUT2D eigenvalue weighted by Crippen LogP contribution is -2.39. The van der Waals surface area contributed by atoms with E-state index < -0.39 is 29.2 Å². The summed E-state index contributed by atoms with van der Waals surface area (Å²) in [4.78, 5) is 27.8. The standard InChI is InChI=1S/C26H25F3N2O3/c1-16-23(24(33)34-25(2,3)4)21(17-9-11-20(12-10-17)26(27,28)29)13-22(32)31(16)15-19-8-6-5-7-18(19)14-30/h5-12,21H,13,15H2,1-4H3. The van der Waals surface area contributed by atoms with Crippen molar-refractivity contribution in [3.05, 3.63) is 82.1 Å². The Labute approximate surface area is 196 Å². The third-order valence-corrected chi connectivity index (χ3v) is 5.55. The molecular weight excluding hydrogens is 445 g/mol. The number of rotatable bonds is 4. The van der Waals surface area contributed by atoms with E-state index in [9.17, 15) is 28.0 Å². The fourth-order valence-corrected chi connectivity index (χ4v) is 3.93. The molecule has 1 unspecified atom stereocenters. The number of amides is 1. The van der Waals surface area contributed by atoms with Gasteiger partial charge in [-0.3, -0.25) is 4.79 Å². The highest BCUT2D eigenvalue weighted by molar-refractivity contribution is 5.96. The molecule has 0 bridgehead atoms. The monoisotopic (exact) mass is 470 g/mol. The molecule has 1 amide bonds. The molecule has 1 aliphatic rings. The number of nitriles is 1. The molecule has 0 aliphatic carbocycles. The van der Waals surface area contributed by atoms with Crippen LogP contribution in [0.15, 0.2) is 59.8 Å². The molecule has 178 valence electrons. The van der Waals surface area contributed by atoms with Crippen molar-refractivity contribution in [3.8, 4) is 6.07 Å². The molecule has 0 fully saturated rings. The van der Waals surface area contributed by atoms with Crippen LogP contribution in [-0.2, 0) is 27.0 Å². The number of alkyl halides is 3. The molecule has 2 aromatic rings. The maximum atomic E-state index is 13.2. The predicted molar refractivity (Wildman–Crippen MR) is 119 cm³/mol. The van der Waals surface area contributed by atoms with Gasteiger partial charge >= 0.3 is 12.1 Å². The lowest BCUT2D eigenvalue weighted by molar-refractivity contribution is -0.151. The molecule has 1 heterocycles. The van der Waals surface area contributed by atoms with E-state index in [1.54, 1.807) is 52.0 Å². The van der Waals surface area contributed by atoms with Crippen molar-refractivity contribution in [3.63, 3.8) is 0 Å². The van der Waals surface area contributed by atoms with E-state index >= 15 is 0 Å². The first-order valence-corrected chi connectivity index (χ1v) is 10.7. The molecule has 0 aromatic heterocycles. The molecule has 5 nitrogen and oxygen atoms in total. The number of halogens is 3. The van der Waals surface area contributed by atoms with Crippen molar-refractivity contribution in [2.24, 2.45) is 0 Å². The van der Waals surface area contributed by atoms with Crippen LogP contribution in [0.2, 0.25) is 0 Å². The Morgan fingerprint density at radius 1 is 1.12 bits per heavy atom. The van der Waals surface area contributed by atoms with Crippen LogP contribution >= 0.6 is 0 Å². The first kappa shape index (κ1) is 25.0. The van der Waals surface area contributed by atoms with Crippen LogP contribution in [-0.4, -0.2) is 22.4 Å². The fraction of sp³-hybridized carbons (Fsp3) is 0.346. The van der Waals surface area contributed by atoms with Crippen LogP contribution in [0.5, 0.6) is 0 Å². The van der Waals surface area contributed by atoms with Crippen molar-refractivity contribution >= 4 is 11.9 Å². The Hall–Kier alpha value is -3.60. The fourth-order valence-electron chi connectivity index (χ4n) is 3.93. The van der Waals surface area contributed by atoms with E-state index in [-0.39, 0.29) is 24.4 Å². The van der Waals surface area contributed by atoms with Crippen LogP contribution in [0.1, 0.15) is 62.3 Å². The maximum Gasteiger partial charge on any atom is 0.416 e. The number of nitrogens with zero attached hydrogens (tertiary/aromatic N) is 2. The van der Waals surface area contributed by atoms with Crippen LogP contribution in [0.25, 0.3) is 0 Å². The second-order valence-corrected chi connectivity index (χ2v) is 9.13. The summed E-state index contributed by atoms with van der Waals surface area (Å²) >= 11 is 0. The van der Waals surface area contributed by atoms with E-state index in [1.807, 2.05) is 0 Å². The summed E-state index contributed by atoms with van der Waals surface area (Å²) in [5.41, 5.74) is 0.383. The van der Waals surface area contributed by atoms with Crippen LogP contribution in [0.4, 0.5) is 13.2 Å². The Bertz CT molecular complexity index is 1170. The molecule has 8 heteroatoms. The van der Waals surface area contributed by atoms with E-state index in [1.165, 1.54) is 17.0 Å². The van der Waals surface area contributed by atoms with Gasteiger partial charge < -0.3 is 9.64 Å². The molecule has 1 atom stereocenters. The highest BCUT2D eigenvalue weighted by Crippen LogP contribution is 2.39. The van der Waals surface area contributed by atoms with Crippen molar-refractivity contribution < 1.29 is 27.5 Å². The quantitative estimate of drug-likeness (QED) is 0.537. The van der Waals surface area contributed by atoms with Crippen LogP contribution in [0, 0.1) is 11.3 Å². The molecule has 0 saturated heterocycles. The maximum absolute atomic E-state index is 13.2. The highest BCUT2D eigenvalue weighted by atomic mass is 19.4. The average molecular weight is 470 g/mol. The van der Waals surface area contributed by atoms with Crippen LogP contribution in [0.3, 0.4) is 0 Å². The average Bonchev–Trinajstić information content (AvgIpc) is 2.74. The number of carbonyl (C=O) groups is 2. The third-order valence-electron chi connectivity index (χ3n) is 5.55. The summed E-state index contributed by atoms with van der Waals surface area (Å²) in [6.45, 7) is 6.83. The van der Waals surface area contributed by atoms with Crippen LogP contribution < -0.4 is 0 Å². The first-order chi connectivity index (χ1) is 15.8.